The van der Waals surface area contributed by atoms with Crippen LogP contribution in [-0.4, -0.2) is 55.3 Å². The third-order valence-electron chi connectivity index (χ3n) is 6.01. The molecule has 0 unspecified atom stereocenters. The molecule has 5 N–H and O–H groups in total. The lowest BCUT2D eigenvalue weighted by Gasteiger charge is -2.19. The molecule has 11 nitrogen and oxygen atoms in total. The minimum Gasteiger partial charge on any atom is -0.453 e. The predicted octanol–water partition coefficient (Wildman–Crippen LogP) is 4.00. The van der Waals surface area contributed by atoms with Crippen LogP contribution >= 0.6 is 11.8 Å². The van der Waals surface area contributed by atoms with Crippen molar-refractivity contribution in [2.45, 2.75) is 31.8 Å². The molecule has 4 amide bonds. The molecule has 3 aromatic rings. The maximum Gasteiger partial charge on any atom is 0.347 e. The molecule has 12 heteroatoms. The van der Waals surface area contributed by atoms with Gasteiger partial charge in [-0.15, -0.1) is 11.8 Å². The fraction of sp³-hybridized carbons (Fsp3) is 0.267. The molecule has 3 aromatic carbocycles. The number of rotatable bonds is 13. The van der Waals surface area contributed by atoms with Crippen molar-refractivity contribution in [1.29, 1.82) is 0 Å². The van der Waals surface area contributed by atoms with E-state index >= 15 is 0 Å². The summed E-state index contributed by atoms with van der Waals surface area (Å²) in [7, 11) is 1.45. The van der Waals surface area contributed by atoms with Crippen LogP contribution in [0.4, 0.5) is 21.0 Å². The van der Waals surface area contributed by atoms with Gasteiger partial charge in [-0.2, -0.15) is 5.48 Å². The van der Waals surface area contributed by atoms with Gasteiger partial charge in [0.2, 0.25) is 0 Å². The zero-order valence-electron chi connectivity index (χ0n) is 23.6. The lowest BCUT2D eigenvalue weighted by Crippen LogP contribution is -2.46. The van der Waals surface area contributed by atoms with Crippen LogP contribution in [0.1, 0.15) is 16.7 Å². The highest BCUT2D eigenvalue weighted by Gasteiger charge is 2.24. The van der Waals surface area contributed by atoms with Crippen molar-refractivity contribution >= 4 is 47.1 Å². The Morgan fingerprint density at radius 3 is 1.86 bits per heavy atom. The Hall–Kier alpha value is -4.55. The highest BCUT2D eigenvalue weighted by Crippen LogP contribution is 2.20. The predicted molar refractivity (Wildman–Crippen MR) is 163 cm³/mol. The van der Waals surface area contributed by atoms with E-state index in [9.17, 15) is 19.2 Å². The van der Waals surface area contributed by atoms with Crippen LogP contribution in [0.5, 0.6) is 0 Å². The van der Waals surface area contributed by atoms with Gasteiger partial charge < -0.3 is 30.8 Å². The Morgan fingerprint density at radius 1 is 0.762 bits per heavy atom. The number of hydrogen-bond acceptors (Lipinski definition) is 8. The zero-order chi connectivity index (χ0) is 30.3. The van der Waals surface area contributed by atoms with Crippen LogP contribution in [0, 0.1) is 6.92 Å². The number of nitrogens with one attached hydrogen (secondary N) is 5. The van der Waals surface area contributed by atoms with Crippen LogP contribution in [0.3, 0.4) is 0 Å². The quantitative estimate of drug-likeness (QED) is 0.114. The van der Waals surface area contributed by atoms with Crippen LogP contribution in [0.15, 0.2) is 78.9 Å². The first-order chi connectivity index (χ1) is 20.3. The van der Waals surface area contributed by atoms with Crippen molar-refractivity contribution in [1.82, 2.24) is 16.1 Å². The summed E-state index contributed by atoms with van der Waals surface area (Å²) >= 11 is 1.35. The van der Waals surface area contributed by atoms with E-state index in [0.29, 0.717) is 11.4 Å². The van der Waals surface area contributed by atoms with Crippen molar-refractivity contribution in [3.8, 4) is 0 Å². The van der Waals surface area contributed by atoms with Gasteiger partial charge >= 0.3 is 24.0 Å². The summed E-state index contributed by atoms with van der Waals surface area (Å²) in [5, 5.41) is 10.8. The van der Waals surface area contributed by atoms with E-state index in [1.165, 1.54) is 18.8 Å². The summed E-state index contributed by atoms with van der Waals surface area (Å²) in [5.74, 6) is -1.03. The summed E-state index contributed by atoms with van der Waals surface area (Å²) in [4.78, 5) is 55.8. The minimum atomic E-state index is -0.959. The van der Waals surface area contributed by atoms with Gasteiger partial charge in [0.15, 0.2) is 0 Å². The molecule has 0 saturated heterocycles. The SMILES string of the molecule is CNOC(=O)[C@H](Cc1ccccc1)NC(=O)Nc1cc(NC(=O)N[C@@H](Cc2ccccc2)C(=O)OCSC)ccc1C. The van der Waals surface area contributed by atoms with Gasteiger partial charge in [-0.25, -0.2) is 19.2 Å². The Balaban J connectivity index is 1.66. The summed E-state index contributed by atoms with van der Waals surface area (Å²) in [6.45, 7) is 1.79. The van der Waals surface area contributed by atoms with Gasteiger partial charge in [-0.05, 0) is 42.0 Å². The van der Waals surface area contributed by atoms with Gasteiger partial charge in [0.25, 0.3) is 0 Å². The second-order valence-corrected chi connectivity index (χ2v) is 10.0. The van der Waals surface area contributed by atoms with E-state index in [1.54, 1.807) is 31.4 Å². The summed E-state index contributed by atoms with van der Waals surface area (Å²) in [5.41, 5.74) is 5.54. The first-order valence-electron chi connectivity index (χ1n) is 13.2. The first-order valence-corrected chi connectivity index (χ1v) is 14.5. The van der Waals surface area contributed by atoms with Gasteiger partial charge in [0.1, 0.15) is 18.0 Å². The first kappa shape index (κ1) is 32.0. The second kappa shape index (κ2) is 16.7. The molecule has 42 heavy (non-hydrogen) atoms. The fourth-order valence-corrected chi connectivity index (χ4v) is 4.19. The number of carbonyl (C=O) groups excluding carboxylic acids is 4. The highest BCUT2D eigenvalue weighted by molar-refractivity contribution is 7.98. The number of hydroxylamine groups is 1. The molecule has 2 atom stereocenters. The molecular weight excluding hydrogens is 558 g/mol. The Kier molecular flexibility index (Phi) is 12.7. The number of ether oxygens (including phenoxy) is 1. The van der Waals surface area contributed by atoms with Crippen molar-refractivity contribution < 1.29 is 28.8 Å². The van der Waals surface area contributed by atoms with Crippen molar-refractivity contribution in [2.24, 2.45) is 0 Å². The van der Waals surface area contributed by atoms with E-state index in [-0.39, 0.29) is 18.8 Å². The van der Waals surface area contributed by atoms with Gasteiger partial charge in [-0.1, -0.05) is 66.7 Å². The van der Waals surface area contributed by atoms with Gasteiger partial charge in [0.05, 0.1) is 0 Å². The minimum absolute atomic E-state index is 0.168. The molecule has 0 spiro atoms. The average molecular weight is 594 g/mol. The molecule has 0 heterocycles. The van der Waals surface area contributed by atoms with E-state index < -0.39 is 36.1 Å². The number of urea groups is 2. The van der Waals surface area contributed by atoms with Crippen molar-refractivity contribution in [2.75, 3.05) is 29.9 Å². The largest absolute Gasteiger partial charge is 0.453 e. The summed E-state index contributed by atoms with van der Waals surface area (Å²) in [6.07, 6.45) is 2.28. The van der Waals surface area contributed by atoms with Crippen LogP contribution < -0.4 is 26.7 Å². The van der Waals surface area contributed by atoms with Crippen LogP contribution in [0.2, 0.25) is 0 Å². The van der Waals surface area contributed by atoms with Crippen LogP contribution in [-0.2, 0) is 32.0 Å². The fourth-order valence-electron chi connectivity index (χ4n) is 3.95. The normalized spacial score (nSPS) is 11.9. The molecule has 0 bridgehead atoms. The monoisotopic (exact) mass is 593 g/mol. The number of amides is 4. The van der Waals surface area contributed by atoms with Gasteiger partial charge in [-0.3, -0.25) is 0 Å². The zero-order valence-corrected chi connectivity index (χ0v) is 24.5. The molecular formula is C30H35N5O6S. The lowest BCUT2D eigenvalue weighted by molar-refractivity contribution is -0.152. The van der Waals surface area contributed by atoms with Crippen molar-refractivity contribution in [3.05, 3.63) is 95.6 Å². The highest BCUT2D eigenvalue weighted by atomic mass is 32.2. The van der Waals surface area contributed by atoms with E-state index in [2.05, 4.69) is 26.7 Å². The number of carbonyl (C=O) groups is 4. The Labute approximate surface area is 249 Å². The Bertz CT molecular complexity index is 1340. The molecule has 0 aromatic heterocycles. The molecule has 0 saturated carbocycles. The number of anilines is 2. The smallest absolute Gasteiger partial charge is 0.347 e. The standard InChI is InChI=1S/C30H35N5O6S/c1-20-14-15-23(32-29(38)34-25(27(36)40-19-42-3)16-21-10-6-4-7-11-21)18-24(20)33-30(39)35-26(28(37)41-31-2)17-22-12-8-5-9-13-22/h4-15,18,25-26,31H,16-17,19H2,1-3H3,(H2,32,34,38)(H2,33,35,39)/t25-,26-/m0/s1. The molecule has 0 aliphatic carbocycles. The molecule has 0 aliphatic heterocycles. The maximum absolute atomic E-state index is 12.9. The van der Waals surface area contributed by atoms with E-state index in [0.717, 1.165) is 16.7 Å². The molecule has 3 rings (SSSR count). The summed E-state index contributed by atoms with van der Waals surface area (Å²) in [6, 6.07) is 20.4. The number of thioether (sulfide) groups is 1. The third-order valence-corrected chi connectivity index (χ3v) is 6.36. The second-order valence-electron chi connectivity index (χ2n) is 9.21. The van der Waals surface area contributed by atoms with E-state index in [4.69, 9.17) is 9.57 Å². The summed E-state index contributed by atoms with van der Waals surface area (Å²) < 4.78 is 5.25. The topological polar surface area (TPSA) is 147 Å². The average Bonchev–Trinajstić information content (AvgIpc) is 2.98. The number of aryl methyl sites for hydroxylation is 1. The number of hydrogen-bond donors (Lipinski definition) is 5. The lowest BCUT2D eigenvalue weighted by atomic mass is 10.1. The molecule has 0 aliphatic rings. The van der Waals surface area contributed by atoms with E-state index in [1.807, 2.05) is 60.7 Å². The third kappa shape index (κ3) is 10.5. The molecule has 222 valence electrons. The molecule has 0 radical (unpaired) electrons. The van der Waals surface area contributed by atoms with Crippen LogP contribution in [0.25, 0.3) is 0 Å². The number of benzene rings is 3. The maximum atomic E-state index is 12.9. The van der Waals surface area contributed by atoms with Gasteiger partial charge in [0, 0.05) is 31.3 Å². The Morgan fingerprint density at radius 2 is 1.31 bits per heavy atom. The number of esters is 1. The van der Waals surface area contributed by atoms with Crippen molar-refractivity contribution in [3.63, 3.8) is 0 Å². The molecule has 0 fully saturated rings.